The van der Waals surface area contributed by atoms with Crippen molar-refractivity contribution >= 4 is 25.8 Å². The van der Waals surface area contributed by atoms with Crippen LogP contribution in [-0.4, -0.2) is 72.8 Å². The topological polar surface area (TPSA) is 199 Å². The molecule has 3 aromatic rings. The molecule has 1 aliphatic heterocycles. The average molecular weight is 468 g/mol. The molecular formula is C16H21N9O4S2. The fourth-order valence-corrected chi connectivity index (χ4v) is 6.24. The second kappa shape index (κ2) is 8.26. The lowest BCUT2D eigenvalue weighted by atomic mass is 10.0. The molecule has 31 heavy (non-hydrogen) atoms. The number of nitrogens with zero attached hydrogens (tertiary/aromatic N) is 5. The van der Waals surface area contributed by atoms with Crippen molar-refractivity contribution < 1.29 is 16.8 Å². The van der Waals surface area contributed by atoms with E-state index < -0.39 is 34.9 Å². The number of primary sulfonamides is 1. The number of hydrogen-bond donors (Lipinski definition) is 4. The van der Waals surface area contributed by atoms with Crippen LogP contribution in [0.4, 0.5) is 5.95 Å². The number of rotatable bonds is 6. The van der Waals surface area contributed by atoms with Gasteiger partial charge in [-0.3, -0.25) is 0 Å². The quantitative estimate of drug-likeness (QED) is 0.361. The third kappa shape index (κ3) is 3.99. The fourth-order valence-electron chi connectivity index (χ4n) is 3.06. The highest BCUT2D eigenvalue weighted by Crippen LogP contribution is 2.39. The maximum absolute atomic E-state index is 13.1. The Hall–Kier alpha value is -3.01. The first-order valence-corrected chi connectivity index (χ1v) is 11.7. The highest BCUT2D eigenvalue weighted by molar-refractivity contribution is 7.94. The van der Waals surface area contributed by atoms with Crippen LogP contribution in [0.15, 0.2) is 34.3 Å². The summed E-state index contributed by atoms with van der Waals surface area (Å²) in [4.78, 5) is 7.23. The number of nitrogens with two attached hydrogens (primary N) is 1. The molecule has 1 aliphatic rings. The molecule has 1 saturated heterocycles. The van der Waals surface area contributed by atoms with E-state index in [0.717, 1.165) is 0 Å². The first-order chi connectivity index (χ1) is 14.2. The number of benzene rings is 1. The first-order valence-electron chi connectivity index (χ1n) is 8.62. The van der Waals surface area contributed by atoms with Crippen molar-refractivity contribution in [2.75, 3.05) is 25.5 Å². The van der Waals surface area contributed by atoms with Crippen LogP contribution in [0.2, 0.25) is 0 Å². The molecule has 15 heteroatoms. The monoisotopic (exact) mass is 467 g/mol. The van der Waals surface area contributed by atoms with E-state index in [9.17, 15) is 16.8 Å². The van der Waals surface area contributed by atoms with E-state index in [1.807, 2.05) is 0 Å². The van der Waals surface area contributed by atoms with Gasteiger partial charge in [-0.25, -0.2) is 31.9 Å². The van der Waals surface area contributed by atoms with Gasteiger partial charge in [0.1, 0.15) is 4.90 Å². The van der Waals surface area contributed by atoms with Gasteiger partial charge in [0.05, 0.1) is 15.7 Å². The molecule has 1 aromatic carbocycles. The van der Waals surface area contributed by atoms with Crippen LogP contribution in [0.5, 0.6) is 0 Å². The van der Waals surface area contributed by atoms with E-state index in [2.05, 4.69) is 41.2 Å². The molecule has 0 saturated carbocycles. The van der Waals surface area contributed by atoms with Crippen LogP contribution in [-0.2, 0) is 19.9 Å². The standard InChI is InChI=1S/C15H17N9O4S2.CH4/c1-17-15-19-4-8(5-20-15)10-2-3-11(29(25,26)9-6-18-7-9)13(30(16,27)28)12(10)14-21-23-24-22-14;/h2-5,9,18H,6-7H2,1H3,(H2,16,27,28)(H,17,19,20)(H,21,22,23,24);1H4. The molecule has 0 radical (unpaired) electrons. The maximum atomic E-state index is 13.1. The van der Waals surface area contributed by atoms with Gasteiger partial charge in [-0.2, -0.15) is 5.21 Å². The summed E-state index contributed by atoms with van der Waals surface area (Å²) in [5, 5.41) is 23.8. The molecule has 0 atom stereocenters. The van der Waals surface area contributed by atoms with E-state index in [0.29, 0.717) is 11.5 Å². The summed E-state index contributed by atoms with van der Waals surface area (Å²) in [6.07, 6.45) is 2.91. The van der Waals surface area contributed by atoms with Crippen molar-refractivity contribution in [1.29, 1.82) is 0 Å². The van der Waals surface area contributed by atoms with Gasteiger partial charge in [-0.05, 0) is 16.8 Å². The number of anilines is 1. The number of sulfone groups is 1. The van der Waals surface area contributed by atoms with Gasteiger partial charge < -0.3 is 10.6 Å². The van der Waals surface area contributed by atoms with Crippen LogP contribution in [0, 0.1) is 0 Å². The minimum absolute atomic E-state index is 0. The molecule has 2 aromatic heterocycles. The first kappa shape index (κ1) is 22.7. The highest BCUT2D eigenvalue weighted by atomic mass is 32.2. The molecule has 0 spiro atoms. The van der Waals surface area contributed by atoms with Gasteiger partial charge in [-0.1, -0.05) is 13.5 Å². The molecule has 0 unspecified atom stereocenters. The summed E-state index contributed by atoms with van der Waals surface area (Å²) in [5.74, 6) is 0.221. The zero-order chi connectivity index (χ0) is 21.5. The lowest BCUT2D eigenvalue weighted by molar-refractivity contribution is 0.493. The Labute approximate surface area is 178 Å². The molecule has 5 N–H and O–H groups in total. The minimum Gasteiger partial charge on any atom is -0.357 e. The second-order valence-corrected chi connectivity index (χ2v) is 10.2. The lowest BCUT2D eigenvalue weighted by Crippen LogP contribution is -2.51. The van der Waals surface area contributed by atoms with Crippen molar-refractivity contribution in [3.05, 3.63) is 24.5 Å². The molecule has 1 fully saturated rings. The summed E-state index contributed by atoms with van der Waals surface area (Å²) in [6.45, 7) is 0.427. The summed E-state index contributed by atoms with van der Waals surface area (Å²) in [7, 11) is -6.85. The number of sulfonamides is 1. The molecule has 13 nitrogen and oxygen atoms in total. The maximum Gasteiger partial charge on any atom is 0.240 e. The largest absolute Gasteiger partial charge is 0.357 e. The zero-order valence-corrected chi connectivity index (χ0v) is 17.2. The number of aromatic amines is 1. The van der Waals surface area contributed by atoms with Crippen LogP contribution < -0.4 is 15.8 Å². The van der Waals surface area contributed by atoms with E-state index in [1.165, 1.54) is 24.5 Å². The molecule has 0 amide bonds. The molecule has 166 valence electrons. The molecular weight excluding hydrogens is 446 g/mol. The summed E-state index contributed by atoms with van der Waals surface area (Å²) >= 11 is 0. The minimum atomic E-state index is -4.51. The Kier molecular flexibility index (Phi) is 6.04. The van der Waals surface area contributed by atoms with Gasteiger partial charge in [0.2, 0.25) is 21.8 Å². The predicted octanol–water partition coefficient (Wildman–Crippen LogP) is -0.606. The Morgan fingerprint density at radius 3 is 2.29 bits per heavy atom. The van der Waals surface area contributed by atoms with Crippen LogP contribution in [0.25, 0.3) is 22.5 Å². The lowest BCUT2D eigenvalue weighted by Gasteiger charge is -2.28. The molecule has 4 rings (SSSR count). The molecule has 3 heterocycles. The van der Waals surface area contributed by atoms with Crippen molar-refractivity contribution in [1.82, 2.24) is 35.9 Å². The molecule has 0 aliphatic carbocycles. The van der Waals surface area contributed by atoms with E-state index in [4.69, 9.17) is 5.14 Å². The predicted molar refractivity (Wildman–Crippen MR) is 112 cm³/mol. The highest BCUT2D eigenvalue weighted by Gasteiger charge is 2.38. The third-order valence-electron chi connectivity index (χ3n) is 4.65. The van der Waals surface area contributed by atoms with Crippen molar-refractivity contribution in [3.8, 4) is 22.5 Å². The van der Waals surface area contributed by atoms with Gasteiger partial charge in [0, 0.05) is 38.1 Å². The van der Waals surface area contributed by atoms with Gasteiger partial charge in [-0.15, -0.1) is 10.2 Å². The molecule has 0 bridgehead atoms. The van der Waals surface area contributed by atoms with Gasteiger partial charge >= 0.3 is 0 Å². The SMILES string of the molecule is C.CNc1ncc(-c2ccc(S(=O)(=O)C3CNC3)c(S(N)(=O)=O)c2-c2nn[nH]n2)cn1. The Bertz CT molecular complexity index is 1290. The second-order valence-electron chi connectivity index (χ2n) is 6.47. The number of nitrogens with one attached hydrogen (secondary N) is 3. The number of aromatic nitrogens is 6. The normalized spacial score (nSPS) is 14.5. The van der Waals surface area contributed by atoms with Gasteiger partial charge in [0.25, 0.3) is 0 Å². The van der Waals surface area contributed by atoms with Crippen LogP contribution in [0.1, 0.15) is 7.43 Å². The number of H-pyrrole nitrogens is 1. The average Bonchev–Trinajstić information content (AvgIpc) is 3.19. The summed E-state index contributed by atoms with van der Waals surface area (Å²) in [5.41, 5.74) is 0.599. The van der Waals surface area contributed by atoms with Gasteiger partial charge in [0.15, 0.2) is 9.84 Å². The number of tetrazole rings is 1. The van der Waals surface area contributed by atoms with Crippen molar-refractivity contribution in [2.24, 2.45) is 5.14 Å². The van der Waals surface area contributed by atoms with Crippen molar-refractivity contribution in [2.45, 2.75) is 22.5 Å². The van der Waals surface area contributed by atoms with Crippen molar-refractivity contribution in [3.63, 3.8) is 0 Å². The Morgan fingerprint density at radius 2 is 1.81 bits per heavy atom. The van der Waals surface area contributed by atoms with Crippen LogP contribution >= 0.6 is 0 Å². The van der Waals surface area contributed by atoms with Crippen LogP contribution in [0.3, 0.4) is 0 Å². The third-order valence-corrected chi connectivity index (χ3v) is 7.94. The van der Waals surface area contributed by atoms with E-state index >= 15 is 0 Å². The Balaban J connectivity index is 0.00000272. The Morgan fingerprint density at radius 1 is 1.13 bits per heavy atom. The smallest absolute Gasteiger partial charge is 0.240 e. The zero-order valence-electron chi connectivity index (χ0n) is 15.6. The fraction of sp³-hybridized carbons (Fsp3) is 0.312. The summed E-state index contributed by atoms with van der Waals surface area (Å²) in [6, 6.07) is 2.68. The number of hydrogen-bond acceptors (Lipinski definition) is 11. The van der Waals surface area contributed by atoms with E-state index in [-0.39, 0.29) is 37.5 Å². The summed E-state index contributed by atoms with van der Waals surface area (Å²) < 4.78 is 51.4. The van der Waals surface area contributed by atoms with E-state index in [1.54, 1.807) is 7.05 Å².